The number of halogens is 1. The summed E-state index contributed by atoms with van der Waals surface area (Å²) >= 11 is 0. The molecule has 0 aliphatic rings. The zero-order valence-electron chi connectivity index (χ0n) is 18.0. The van der Waals surface area contributed by atoms with E-state index in [1.54, 1.807) is 43.6 Å². The summed E-state index contributed by atoms with van der Waals surface area (Å²) in [6, 6.07) is 13.4. The lowest BCUT2D eigenvalue weighted by molar-refractivity contribution is -0.116. The maximum absolute atomic E-state index is 13.9. The van der Waals surface area contributed by atoms with E-state index in [9.17, 15) is 17.6 Å². The molecule has 2 aromatic carbocycles. The fourth-order valence-corrected chi connectivity index (χ4v) is 4.47. The SMILES string of the molecule is Cc1ccc(NC(=O)CCc2nc(-c3ccncc3)no2)cc1S(=O)(=O)Nc1ccccc1F. The second-order valence-electron chi connectivity index (χ2n) is 7.36. The number of carbonyl (C=O) groups is 1. The summed E-state index contributed by atoms with van der Waals surface area (Å²) in [5, 5.41) is 6.55. The number of anilines is 2. The van der Waals surface area contributed by atoms with Crippen LogP contribution < -0.4 is 10.0 Å². The Morgan fingerprint density at radius 3 is 2.62 bits per heavy atom. The van der Waals surface area contributed by atoms with Crippen LogP contribution in [0, 0.1) is 12.7 Å². The van der Waals surface area contributed by atoms with Gasteiger partial charge in [0.1, 0.15) is 5.82 Å². The molecule has 2 aromatic heterocycles. The van der Waals surface area contributed by atoms with Crippen LogP contribution in [0.5, 0.6) is 0 Å². The highest BCUT2D eigenvalue weighted by molar-refractivity contribution is 7.92. The van der Waals surface area contributed by atoms with Gasteiger partial charge < -0.3 is 9.84 Å². The van der Waals surface area contributed by atoms with Crippen LogP contribution in [0.25, 0.3) is 11.4 Å². The summed E-state index contributed by atoms with van der Waals surface area (Å²) in [5.74, 6) is -0.365. The minimum absolute atomic E-state index is 0.0431. The van der Waals surface area contributed by atoms with Gasteiger partial charge in [-0.15, -0.1) is 0 Å². The highest BCUT2D eigenvalue weighted by Gasteiger charge is 2.20. The second-order valence-corrected chi connectivity index (χ2v) is 9.01. The number of para-hydroxylation sites is 1. The highest BCUT2D eigenvalue weighted by Crippen LogP contribution is 2.24. The zero-order valence-corrected chi connectivity index (χ0v) is 18.8. The standard InChI is InChI=1S/C23H20FN5O4S/c1-15-6-7-17(14-20(15)34(31,32)29-19-5-3-2-4-18(19)24)26-21(30)8-9-22-27-23(28-33-22)16-10-12-25-13-11-16/h2-7,10-14,29H,8-9H2,1H3,(H,26,30). The number of rotatable bonds is 8. The molecule has 174 valence electrons. The normalized spacial score (nSPS) is 11.2. The van der Waals surface area contributed by atoms with Crippen molar-refractivity contribution in [2.24, 2.45) is 0 Å². The van der Waals surface area contributed by atoms with E-state index < -0.39 is 15.8 Å². The summed E-state index contributed by atoms with van der Waals surface area (Å²) in [6.07, 6.45) is 3.47. The molecule has 0 unspecified atom stereocenters. The number of hydrogen-bond acceptors (Lipinski definition) is 7. The summed E-state index contributed by atoms with van der Waals surface area (Å²) in [7, 11) is -4.08. The van der Waals surface area contributed by atoms with Crippen molar-refractivity contribution in [2.45, 2.75) is 24.7 Å². The number of carbonyl (C=O) groups excluding carboxylic acids is 1. The van der Waals surface area contributed by atoms with Crippen LogP contribution in [0.15, 0.2) is 76.4 Å². The lowest BCUT2D eigenvalue weighted by Crippen LogP contribution is -2.17. The van der Waals surface area contributed by atoms with Gasteiger partial charge in [0.25, 0.3) is 10.0 Å². The Balaban J connectivity index is 1.41. The molecular formula is C23H20FN5O4S. The topological polar surface area (TPSA) is 127 Å². The molecule has 4 aromatic rings. The number of nitrogens with zero attached hydrogens (tertiary/aromatic N) is 3. The number of aromatic nitrogens is 3. The van der Waals surface area contributed by atoms with Gasteiger partial charge in [-0.05, 0) is 48.9 Å². The molecular weight excluding hydrogens is 461 g/mol. The fraction of sp³-hybridized carbons (Fsp3) is 0.130. The first-order valence-electron chi connectivity index (χ1n) is 10.2. The maximum Gasteiger partial charge on any atom is 0.262 e. The first kappa shape index (κ1) is 23.1. The smallest absolute Gasteiger partial charge is 0.262 e. The molecule has 0 saturated heterocycles. The Morgan fingerprint density at radius 2 is 1.85 bits per heavy atom. The van der Waals surface area contributed by atoms with Crippen LogP contribution in [0.1, 0.15) is 17.9 Å². The number of aryl methyl sites for hydroxylation is 2. The van der Waals surface area contributed by atoms with E-state index in [1.807, 2.05) is 0 Å². The number of amides is 1. The number of benzene rings is 2. The largest absolute Gasteiger partial charge is 0.339 e. The Hall–Kier alpha value is -4.12. The third-order valence-corrected chi connectivity index (χ3v) is 6.36. The first-order chi connectivity index (χ1) is 16.3. The lowest BCUT2D eigenvalue weighted by atomic mass is 10.2. The quantitative estimate of drug-likeness (QED) is 0.390. The molecule has 0 saturated carbocycles. The van der Waals surface area contributed by atoms with Crippen LogP contribution in [-0.2, 0) is 21.2 Å². The molecule has 9 nitrogen and oxygen atoms in total. The van der Waals surface area contributed by atoms with Crippen LogP contribution in [-0.4, -0.2) is 29.4 Å². The first-order valence-corrected chi connectivity index (χ1v) is 11.7. The molecule has 0 bridgehead atoms. The molecule has 34 heavy (non-hydrogen) atoms. The third-order valence-electron chi connectivity index (χ3n) is 4.85. The average molecular weight is 482 g/mol. The van der Waals surface area contributed by atoms with Crippen molar-refractivity contribution in [3.05, 3.63) is 84.3 Å². The molecule has 4 rings (SSSR count). The minimum Gasteiger partial charge on any atom is -0.339 e. The van der Waals surface area contributed by atoms with Gasteiger partial charge in [0.15, 0.2) is 0 Å². The summed E-state index contributed by atoms with van der Waals surface area (Å²) in [5.41, 5.74) is 1.30. The number of nitrogens with one attached hydrogen (secondary N) is 2. The molecule has 0 spiro atoms. The Labute approximate surface area is 195 Å². The molecule has 0 fully saturated rings. The number of sulfonamides is 1. The van der Waals surface area contributed by atoms with Crippen LogP contribution in [0.4, 0.5) is 15.8 Å². The van der Waals surface area contributed by atoms with Gasteiger partial charge in [-0.3, -0.25) is 14.5 Å². The van der Waals surface area contributed by atoms with Crippen LogP contribution in [0.2, 0.25) is 0 Å². The zero-order chi connectivity index (χ0) is 24.1. The van der Waals surface area contributed by atoms with Crippen LogP contribution in [0.3, 0.4) is 0 Å². The second kappa shape index (κ2) is 9.79. The molecule has 0 radical (unpaired) electrons. The lowest BCUT2D eigenvalue weighted by Gasteiger charge is -2.13. The van der Waals surface area contributed by atoms with Crippen molar-refractivity contribution in [3.8, 4) is 11.4 Å². The average Bonchev–Trinajstić information content (AvgIpc) is 3.30. The Bertz CT molecular complexity index is 1420. The van der Waals surface area contributed by atoms with E-state index in [0.717, 1.165) is 11.6 Å². The Kier molecular flexibility index (Phi) is 6.64. The fourth-order valence-electron chi connectivity index (χ4n) is 3.13. The summed E-state index contributed by atoms with van der Waals surface area (Å²) in [4.78, 5) is 20.5. The summed E-state index contributed by atoms with van der Waals surface area (Å²) in [6.45, 7) is 1.61. The molecule has 0 aliphatic heterocycles. The van der Waals surface area contributed by atoms with Gasteiger partial charge in [0, 0.05) is 36.5 Å². The van der Waals surface area contributed by atoms with E-state index in [4.69, 9.17) is 4.52 Å². The van der Waals surface area contributed by atoms with E-state index in [1.165, 1.54) is 24.3 Å². The van der Waals surface area contributed by atoms with E-state index >= 15 is 0 Å². The number of hydrogen-bond donors (Lipinski definition) is 2. The minimum atomic E-state index is -4.08. The molecule has 0 atom stereocenters. The molecule has 2 heterocycles. The van der Waals surface area contributed by atoms with Crippen LogP contribution >= 0.6 is 0 Å². The van der Waals surface area contributed by atoms with E-state index in [0.29, 0.717) is 17.3 Å². The van der Waals surface area contributed by atoms with E-state index in [-0.39, 0.29) is 35.0 Å². The van der Waals surface area contributed by atoms with Crippen molar-refractivity contribution in [3.63, 3.8) is 0 Å². The predicted octanol–water partition coefficient (Wildman–Crippen LogP) is 3.95. The molecule has 0 aliphatic carbocycles. The van der Waals surface area contributed by atoms with Gasteiger partial charge in [0.2, 0.25) is 17.6 Å². The van der Waals surface area contributed by atoms with Gasteiger partial charge in [0.05, 0.1) is 10.6 Å². The molecule has 2 N–H and O–H groups in total. The van der Waals surface area contributed by atoms with E-state index in [2.05, 4.69) is 25.2 Å². The van der Waals surface area contributed by atoms with Crippen molar-refractivity contribution in [1.82, 2.24) is 15.1 Å². The molecule has 11 heteroatoms. The highest BCUT2D eigenvalue weighted by atomic mass is 32.2. The Morgan fingerprint density at radius 1 is 1.09 bits per heavy atom. The van der Waals surface area contributed by atoms with Crippen molar-refractivity contribution in [1.29, 1.82) is 0 Å². The number of pyridine rings is 1. The van der Waals surface area contributed by atoms with Crippen molar-refractivity contribution >= 4 is 27.3 Å². The van der Waals surface area contributed by atoms with Gasteiger partial charge >= 0.3 is 0 Å². The van der Waals surface area contributed by atoms with Gasteiger partial charge in [-0.25, -0.2) is 12.8 Å². The predicted molar refractivity (Wildman–Crippen MR) is 123 cm³/mol. The third kappa shape index (κ3) is 5.44. The van der Waals surface area contributed by atoms with Gasteiger partial charge in [-0.1, -0.05) is 23.4 Å². The van der Waals surface area contributed by atoms with Crippen molar-refractivity contribution in [2.75, 3.05) is 10.0 Å². The monoisotopic (exact) mass is 481 g/mol. The summed E-state index contributed by atoms with van der Waals surface area (Å²) < 4.78 is 47.0. The van der Waals surface area contributed by atoms with Gasteiger partial charge in [-0.2, -0.15) is 4.98 Å². The van der Waals surface area contributed by atoms with Crippen molar-refractivity contribution < 1.29 is 22.1 Å². The molecule has 1 amide bonds. The maximum atomic E-state index is 13.9.